The van der Waals surface area contributed by atoms with Crippen LogP contribution in [-0.4, -0.2) is 4.57 Å². The first-order valence-electron chi connectivity index (χ1n) is 5.02. The lowest BCUT2D eigenvalue weighted by Crippen LogP contribution is -2.11. The van der Waals surface area contributed by atoms with Gasteiger partial charge in [-0.3, -0.25) is 0 Å². The maximum atomic E-state index is 13.1. The number of nitrogens with zero attached hydrogens (tertiary/aromatic N) is 1. The Balaban J connectivity index is 2.85. The maximum absolute atomic E-state index is 13.1. The third kappa shape index (κ3) is 1.43. The van der Waals surface area contributed by atoms with Gasteiger partial charge < -0.3 is 10.3 Å². The molecule has 2 rings (SSSR count). The normalized spacial score (nSPS) is 13.4. The van der Waals surface area contributed by atoms with Gasteiger partial charge in [-0.1, -0.05) is 0 Å². The van der Waals surface area contributed by atoms with Crippen molar-refractivity contribution >= 4 is 10.9 Å². The molecule has 2 nitrogen and oxygen atoms in total. The van der Waals surface area contributed by atoms with Gasteiger partial charge in [0.1, 0.15) is 5.82 Å². The van der Waals surface area contributed by atoms with E-state index in [4.69, 9.17) is 5.73 Å². The average Bonchev–Trinajstić information content (AvgIpc) is 2.39. The Labute approximate surface area is 88.5 Å². The van der Waals surface area contributed by atoms with E-state index < -0.39 is 0 Å². The molecule has 0 aliphatic rings. The number of rotatable bonds is 1. The number of nitrogens with two attached hydrogens (primary N) is 1. The minimum absolute atomic E-state index is 0.0366. The summed E-state index contributed by atoms with van der Waals surface area (Å²) in [5.74, 6) is -0.209. The van der Waals surface area contributed by atoms with Crippen LogP contribution >= 0.6 is 0 Å². The van der Waals surface area contributed by atoms with E-state index in [1.54, 1.807) is 6.07 Å². The number of halogens is 1. The van der Waals surface area contributed by atoms with E-state index in [1.807, 2.05) is 31.5 Å². The Morgan fingerprint density at radius 1 is 1.40 bits per heavy atom. The first kappa shape index (κ1) is 10.2. The van der Waals surface area contributed by atoms with Crippen LogP contribution in [0.1, 0.15) is 24.2 Å². The second-order valence-corrected chi connectivity index (χ2v) is 4.02. The highest BCUT2D eigenvalue weighted by molar-refractivity contribution is 5.85. The summed E-state index contributed by atoms with van der Waals surface area (Å²) >= 11 is 0. The van der Waals surface area contributed by atoms with Crippen molar-refractivity contribution in [2.75, 3.05) is 0 Å². The minimum Gasteiger partial charge on any atom is -0.346 e. The summed E-state index contributed by atoms with van der Waals surface area (Å²) in [7, 11) is 1.92. The first-order valence-corrected chi connectivity index (χ1v) is 5.02. The Morgan fingerprint density at radius 3 is 2.67 bits per heavy atom. The Kier molecular flexibility index (Phi) is 2.27. The largest absolute Gasteiger partial charge is 0.346 e. The zero-order valence-corrected chi connectivity index (χ0v) is 9.21. The number of hydrogen-bond donors (Lipinski definition) is 1. The molecule has 0 aliphatic heterocycles. The Bertz CT molecular complexity index is 512. The molecule has 15 heavy (non-hydrogen) atoms. The van der Waals surface area contributed by atoms with Crippen LogP contribution in [0.15, 0.2) is 18.2 Å². The Hall–Kier alpha value is -1.35. The summed E-state index contributed by atoms with van der Waals surface area (Å²) in [6.45, 7) is 3.97. The van der Waals surface area contributed by atoms with Gasteiger partial charge in [-0.15, -0.1) is 0 Å². The number of fused-ring (bicyclic) bond motifs is 1. The molecule has 2 N–H and O–H groups in total. The summed E-state index contributed by atoms with van der Waals surface area (Å²) in [5.41, 5.74) is 9.01. The molecule has 0 saturated carbocycles. The van der Waals surface area contributed by atoms with Crippen molar-refractivity contribution in [1.82, 2.24) is 4.57 Å². The molecule has 1 unspecified atom stereocenters. The van der Waals surface area contributed by atoms with E-state index in [-0.39, 0.29) is 11.9 Å². The molecule has 0 fully saturated rings. The van der Waals surface area contributed by atoms with Crippen LogP contribution in [0, 0.1) is 12.7 Å². The molecular formula is C12H15FN2. The highest BCUT2D eigenvalue weighted by Gasteiger charge is 2.14. The maximum Gasteiger partial charge on any atom is 0.125 e. The quantitative estimate of drug-likeness (QED) is 0.764. The number of aromatic nitrogens is 1. The van der Waals surface area contributed by atoms with E-state index in [2.05, 4.69) is 0 Å². The van der Waals surface area contributed by atoms with Gasteiger partial charge in [0, 0.05) is 24.2 Å². The summed E-state index contributed by atoms with van der Waals surface area (Å²) in [6, 6.07) is 4.81. The smallest absolute Gasteiger partial charge is 0.125 e. The van der Waals surface area contributed by atoms with Gasteiger partial charge >= 0.3 is 0 Å². The van der Waals surface area contributed by atoms with Gasteiger partial charge in [0.15, 0.2) is 0 Å². The lowest BCUT2D eigenvalue weighted by atomic mass is 10.1. The molecule has 1 aromatic heterocycles. The van der Waals surface area contributed by atoms with Crippen LogP contribution in [0.25, 0.3) is 10.9 Å². The molecule has 0 radical (unpaired) electrons. The SMILES string of the molecule is Cc1c(C(C)N)n(C)c2cc(F)ccc12. The fourth-order valence-corrected chi connectivity index (χ4v) is 2.27. The third-order valence-corrected chi connectivity index (χ3v) is 2.90. The molecule has 1 heterocycles. The predicted octanol–water partition coefficient (Wildman–Crippen LogP) is 2.65. The van der Waals surface area contributed by atoms with Crippen LogP contribution in [0.3, 0.4) is 0 Å². The van der Waals surface area contributed by atoms with Crippen molar-refractivity contribution in [1.29, 1.82) is 0 Å². The Morgan fingerprint density at radius 2 is 2.07 bits per heavy atom. The van der Waals surface area contributed by atoms with Crippen LogP contribution in [0.2, 0.25) is 0 Å². The molecule has 0 spiro atoms. The second kappa shape index (κ2) is 3.35. The molecule has 0 bridgehead atoms. The standard InChI is InChI=1S/C12H15FN2/c1-7-10-5-4-9(13)6-11(10)15(3)12(7)8(2)14/h4-6,8H,14H2,1-3H3. The van der Waals surface area contributed by atoms with E-state index in [1.165, 1.54) is 6.07 Å². The van der Waals surface area contributed by atoms with Crippen LogP contribution in [0.4, 0.5) is 4.39 Å². The average molecular weight is 206 g/mol. The molecule has 3 heteroatoms. The van der Waals surface area contributed by atoms with Crippen molar-refractivity contribution in [3.63, 3.8) is 0 Å². The van der Waals surface area contributed by atoms with Crippen LogP contribution < -0.4 is 5.73 Å². The fourth-order valence-electron chi connectivity index (χ4n) is 2.27. The van der Waals surface area contributed by atoms with Crippen LogP contribution in [-0.2, 0) is 7.05 Å². The lowest BCUT2D eigenvalue weighted by Gasteiger charge is -2.08. The predicted molar refractivity (Wildman–Crippen MR) is 60.2 cm³/mol. The van der Waals surface area contributed by atoms with Crippen molar-refractivity contribution in [2.24, 2.45) is 12.8 Å². The second-order valence-electron chi connectivity index (χ2n) is 4.02. The fraction of sp³-hybridized carbons (Fsp3) is 0.333. The molecule has 1 aromatic carbocycles. The third-order valence-electron chi connectivity index (χ3n) is 2.90. The summed E-state index contributed by atoms with van der Waals surface area (Å²) in [5, 5.41) is 1.08. The lowest BCUT2D eigenvalue weighted by molar-refractivity contribution is 0.628. The van der Waals surface area contributed by atoms with Gasteiger partial charge in [-0.2, -0.15) is 0 Å². The monoisotopic (exact) mass is 206 g/mol. The zero-order valence-electron chi connectivity index (χ0n) is 9.21. The molecule has 2 aromatic rings. The van der Waals surface area contributed by atoms with E-state index in [9.17, 15) is 4.39 Å². The topological polar surface area (TPSA) is 30.9 Å². The first-order chi connectivity index (χ1) is 7.02. The number of hydrogen-bond acceptors (Lipinski definition) is 1. The van der Waals surface area contributed by atoms with E-state index in [0.717, 1.165) is 22.2 Å². The number of aryl methyl sites for hydroxylation is 2. The van der Waals surface area contributed by atoms with E-state index in [0.29, 0.717) is 0 Å². The summed E-state index contributed by atoms with van der Waals surface area (Å²) < 4.78 is 15.1. The van der Waals surface area contributed by atoms with Gasteiger partial charge in [-0.05, 0) is 37.6 Å². The molecule has 0 saturated heterocycles. The van der Waals surface area contributed by atoms with Gasteiger partial charge in [0.05, 0.1) is 5.52 Å². The summed E-state index contributed by atoms with van der Waals surface area (Å²) in [4.78, 5) is 0. The van der Waals surface area contributed by atoms with Crippen LogP contribution in [0.5, 0.6) is 0 Å². The van der Waals surface area contributed by atoms with Gasteiger partial charge in [-0.25, -0.2) is 4.39 Å². The van der Waals surface area contributed by atoms with Crippen molar-refractivity contribution < 1.29 is 4.39 Å². The highest BCUT2D eigenvalue weighted by atomic mass is 19.1. The highest BCUT2D eigenvalue weighted by Crippen LogP contribution is 2.28. The molecule has 1 atom stereocenters. The van der Waals surface area contributed by atoms with Crippen molar-refractivity contribution in [3.05, 3.63) is 35.3 Å². The summed E-state index contributed by atoms with van der Waals surface area (Å²) in [6.07, 6.45) is 0. The van der Waals surface area contributed by atoms with Crippen molar-refractivity contribution in [2.45, 2.75) is 19.9 Å². The zero-order chi connectivity index (χ0) is 11.2. The number of benzene rings is 1. The molecule has 0 aliphatic carbocycles. The van der Waals surface area contributed by atoms with Crippen molar-refractivity contribution in [3.8, 4) is 0 Å². The minimum atomic E-state index is -0.209. The molecule has 80 valence electrons. The molecule has 0 amide bonds. The van der Waals surface area contributed by atoms with Gasteiger partial charge in [0.2, 0.25) is 0 Å². The van der Waals surface area contributed by atoms with E-state index >= 15 is 0 Å². The van der Waals surface area contributed by atoms with Gasteiger partial charge in [0.25, 0.3) is 0 Å². The molecular weight excluding hydrogens is 191 g/mol.